The van der Waals surface area contributed by atoms with Crippen molar-refractivity contribution in [3.8, 4) is 0 Å². The number of hydrazine groups is 1. The molecule has 0 bridgehead atoms. The topological polar surface area (TPSA) is 157 Å². The molecule has 352 valence electrons. The Hall–Kier alpha value is -1.30. The predicted octanol–water partition coefficient (Wildman–Crippen LogP) is 8.03. The number of carbonyl (C=O) groups excluding carboxylic acids is 2. The molecule has 10 heteroatoms. The van der Waals surface area contributed by atoms with Gasteiger partial charge in [0.1, 0.15) is 0 Å². The van der Waals surface area contributed by atoms with Gasteiger partial charge in [0.05, 0.1) is 32.2 Å². The van der Waals surface area contributed by atoms with Crippen LogP contribution >= 0.6 is 0 Å². The van der Waals surface area contributed by atoms with Crippen molar-refractivity contribution in [2.45, 2.75) is 251 Å². The molecule has 0 saturated heterocycles. The van der Waals surface area contributed by atoms with Crippen molar-refractivity contribution in [2.75, 3.05) is 52.4 Å². The summed E-state index contributed by atoms with van der Waals surface area (Å²) in [6.07, 6.45) is 46.9. The van der Waals surface area contributed by atoms with Crippen LogP contribution in [0.25, 0.3) is 0 Å². The maximum atomic E-state index is 13.6. The van der Waals surface area contributed by atoms with Crippen LogP contribution in [-0.2, 0) is 9.59 Å². The van der Waals surface area contributed by atoms with Crippen LogP contribution in [0, 0.1) is 0 Å². The highest BCUT2D eigenvalue weighted by atomic mass is 16.2. The van der Waals surface area contributed by atoms with Crippen molar-refractivity contribution in [1.82, 2.24) is 26.5 Å². The van der Waals surface area contributed by atoms with Gasteiger partial charge in [-0.05, 0) is 38.6 Å². The third-order valence-electron chi connectivity index (χ3n) is 12.2. The molecule has 0 aliphatic rings. The van der Waals surface area contributed by atoms with Gasteiger partial charge in [-0.3, -0.25) is 15.4 Å². The minimum Gasteiger partial charge on any atom is -0.357 e. The van der Waals surface area contributed by atoms with Crippen LogP contribution in [0.15, 0.2) is 0 Å². The number of hydrogen-bond acceptors (Lipinski definition) is 5. The summed E-state index contributed by atoms with van der Waals surface area (Å²) in [4.78, 5) is 29.1. The standard InChI is InChI=1S/C49H104N8O2/c1-3-5-7-9-11-13-15-17-19-21-23-25-27-29-31-33-44-57(45-34-32-30-28-26-24-22-20-18-16-14-12-10-8-6-4-2)48(58)46-54-49(59)47(53-42-37-43-55-56-51)38-35-40-52-41-36-39-50/h47,52-53,55-56H,3-46,50-51H2,1-2H3,(H,54,59)/p+3. The first-order chi connectivity index (χ1) is 29.1. The number of rotatable bonds is 50. The van der Waals surface area contributed by atoms with Gasteiger partial charge in [0.2, 0.25) is 11.8 Å². The molecule has 0 rings (SSSR count). The molecule has 2 amide bonds. The molecule has 0 aromatic heterocycles. The molecule has 0 aromatic carbocycles. The minimum absolute atomic E-state index is 0.0517. The Morgan fingerprint density at radius 2 is 0.898 bits per heavy atom. The van der Waals surface area contributed by atoms with Crippen molar-refractivity contribution in [3.05, 3.63) is 0 Å². The Kier molecular flexibility index (Phi) is 48.3. The first kappa shape index (κ1) is 57.7. The van der Waals surface area contributed by atoms with Crippen LogP contribution in [0.3, 0.4) is 0 Å². The second-order valence-corrected chi connectivity index (χ2v) is 17.9. The third kappa shape index (κ3) is 43.2. The average molecular weight is 840 g/mol. The number of unbranched alkanes of at least 4 members (excludes halogenated alkanes) is 30. The third-order valence-corrected chi connectivity index (χ3v) is 12.2. The molecule has 0 spiro atoms. The highest BCUT2D eigenvalue weighted by Crippen LogP contribution is 2.16. The zero-order chi connectivity index (χ0) is 43.0. The summed E-state index contributed by atoms with van der Waals surface area (Å²) in [5, 5.41) is 8.82. The number of hydrogen-bond donors (Lipinski definition) is 7. The van der Waals surface area contributed by atoms with Gasteiger partial charge in [-0.1, -0.05) is 206 Å². The van der Waals surface area contributed by atoms with Crippen molar-refractivity contribution in [2.24, 2.45) is 0 Å². The second-order valence-electron chi connectivity index (χ2n) is 17.9. The number of nitrogens with one attached hydrogen (secondary N) is 4. The summed E-state index contributed by atoms with van der Waals surface area (Å²) in [6, 6.07) is -0.286. The molecule has 0 saturated carbocycles. The molecule has 0 radical (unpaired) electrons. The molecule has 0 aromatic rings. The fraction of sp³-hybridized carbons (Fsp3) is 0.959. The molecular weight excluding hydrogens is 733 g/mol. The normalized spacial score (nSPS) is 12.0. The van der Waals surface area contributed by atoms with Crippen LogP contribution in [0.5, 0.6) is 0 Å². The highest BCUT2D eigenvalue weighted by molar-refractivity contribution is 5.87. The molecule has 0 aliphatic heterocycles. The summed E-state index contributed by atoms with van der Waals surface area (Å²) < 4.78 is 0. The van der Waals surface area contributed by atoms with Crippen molar-refractivity contribution in [3.63, 3.8) is 0 Å². The van der Waals surface area contributed by atoms with E-state index in [1.165, 1.54) is 193 Å². The van der Waals surface area contributed by atoms with Gasteiger partial charge in [-0.2, -0.15) is 0 Å². The van der Waals surface area contributed by atoms with Crippen molar-refractivity contribution in [1.29, 1.82) is 0 Å². The van der Waals surface area contributed by atoms with E-state index in [4.69, 9.17) is 0 Å². The van der Waals surface area contributed by atoms with E-state index < -0.39 is 0 Å². The van der Waals surface area contributed by atoms with E-state index in [2.05, 4.69) is 57.2 Å². The summed E-state index contributed by atoms with van der Waals surface area (Å²) in [7, 11) is 0. The quantitative estimate of drug-likeness (QED) is 0.0244. The number of nitrogens with two attached hydrogens (primary N) is 1. The van der Waals surface area contributed by atoms with E-state index >= 15 is 0 Å². The molecule has 0 fully saturated rings. The molecular formula is C49H107N8O2+3. The lowest BCUT2D eigenvalue weighted by Gasteiger charge is -2.24. The van der Waals surface area contributed by atoms with Gasteiger partial charge in [0.25, 0.3) is 0 Å². The fourth-order valence-corrected chi connectivity index (χ4v) is 8.23. The lowest BCUT2D eigenvalue weighted by atomic mass is 10.0. The van der Waals surface area contributed by atoms with Gasteiger partial charge in [0.15, 0.2) is 0 Å². The fourth-order valence-electron chi connectivity index (χ4n) is 8.23. The predicted molar refractivity (Wildman–Crippen MR) is 252 cm³/mol. The number of carbonyl (C=O) groups is 2. The molecule has 10 nitrogen and oxygen atoms in total. The summed E-state index contributed by atoms with van der Waals surface area (Å²) >= 11 is 0. The first-order valence-electron chi connectivity index (χ1n) is 26.2. The van der Waals surface area contributed by atoms with E-state index in [1.54, 1.807) is 0 Å². The van der Waals surface area contributed by atoms with E-state index in [-0.39, 0.29) is 24.4 Å². The van der Waals surface area contributed by atoms with Crippen molar-refractivity contribution < 1.29 is 26.5 Å². The number of amides is 2. The monoisotopic (exact) mass is 840 g/mol. The maximum absolute atomic E-state index is 13.6. The SMILES string of the molecule is CCCCCCCCCCCCCCCCCCN(CCCCCCCCCCCCCCCCCC)C(=O)CNC(=O)C(CCC[NH2+]CCC[NH3+])NCCCNN[NH3+]. The zero-order valence-corrected chi connectivity index (χ0v) is 39.9. The number of quaternary nitrogens is 3. The smallest absolute Gasteiger partial charge is 0.241 e. The van der Waals surface area contributed by atoms with Crippen LogP contribution in [0.4, 0.5) is 0 Å². The first-order valence-corrected chi connectivity index (χ1v) is 26.2. The Morgan fingerprint density at radius 1 is 0.508 bits per heavy atom. The Bertz CT molecular complexity index is 815. The summed E-state index contributed by atoms with van der Waals surface area (Å²) in [6.45, 7) is 10.9. The number of nitrogens with zero attached hydrogens (tertiary/aromatic N) is 1. The Morgan fingerprint density at radius 3 is 1.29 bits per heavy atom. The molecule has 0 heterocycles. The Balaban J connectivity index is 4.63. The Labute approximate surface area is 367 Å². The molecule has 0 aliphatic carbocycles. The molecule has 1 unspecified atom stereocenters. The van der Waals surface area contributed by atoms with E-state index in [0.29, 0.717) is 0 Å². The molecule has 12 N–H and O–H groups in total. The van der Waals surface area contributed by atoms with E-state index in [0.717, 1.165) is 84.3 Å². The highest BCUT2D eigenvalue weighted by Gasteiger charge is 2.20. The van der Waals surface area contributed by atoms with Crippen LogP contribution < -0.4 is 38.5 Å². The van der Waals surface area contributed by atoms with Crippen LogP contribution in [0.2, 0.25) is 0 Å². The summed E-state index contributed by atoms with van der Waals surface area (Å²) in [5.74, 6) is 3.62. The van der Waals surface area contributed by atoms with Gasteiger partial charge < -0.3 is 26.6 Å². The van der Waals surface area contributed by atoms with Gasteiger partial charge in [-0.15, -0.1) is 5.53 Å². The van der Waals surface area contributed by atoms with E-state index in [1.807, 2.05) is 0 Å². The lowest BCUT2D eigenvalue weighted by Crippen LogP contribution is -2.85. The van der Waals surface area contributed by atoms with Gasteiger partial charge in [-0.25, -0.2) is 5.43 Å². The maximum Gasteiger partial charge on any atom is 0.241 e. The molecule has 59 heavy (non-hydrogen) atoms. The lowest BCUT2D eigenvalue weighted by molar-refractivity contribution is -0.657. The van der Waals surface area contributed by atoms with Crippen LogP contribution in [0.1, 0.15) is 245 Å². The van der Waals surface area contributed by atoms with Gasteiger partial charge in [0, 0.05) is 26.1 Å². The zero-order valence-electron chi connectivity index (χ0n) is 39.9. The van der Waals surface area contributed by atoms with Gasteiger partial charge >= 0.3 is 0 Å². The average Bonchev–Trinajstić information content (AvgIpc) is 3.24. The molecule has 1 atom stereocenters. The van der Waals surface area contributed by atoms with Crippen molar-refractivity contribution >= 4 is 11.8 Å². The van der Waals surface area contributed by atoms with Crippen LogP contribution in [-0.4, -0.2) is 75.1 Å². The second kappa shape index (κ2) is 49.4. The largest absolute Gasteiger partial charge is 0.357 e. The minimum atomic E-state index is -0.286. The summed E-state index contributed by atoms with van der Waals surface area (Å²) in [5.41, 5.74) is 9.66. The van der Waals surface area contributed by atoms with E-state index in [9.17, 15) is 9.59 Å².